The Morgan fingerprint density at radius 3 is 2.50 bits per heavy atom. The zero-order valence-corrected chi connectivity index (χ0v) is 16.1. The van der Waals surface area contributed by atoms with Gasteiger partial charge in [0.25, 0.3) is 0 Å². The van der Waals surface area contributed by atoms with E-state index in [0.717, 1.165) is 17.7 Å². The first-order chi connectivity index (χ1) is 14.2. The number of rotatable bonds is 5. The third kappa shape index (κ3) is 4.96. The molecule has 3 atom stereocenters. The highest BCUT2D eigenvalue weighted by Gasteiger charge is 2.35. The average Bonchev–Trinajstić information content (AvgIpc) is 2.71. The Labute approximate surface area is 170 Å². The molecule has 0 aliphatic carbocycles. The van der Waals surface area contributed by atoms with Crippen molar-refractivity contribution in [3.63, 3.8) is 0 Å². The van der Waals surface area contributed by atoms with Gasteiger partial charge in [-0.3, -0.25) is 14.9 Å². The van der Waals surface area contributed by atoms with Crippen molar-refractivity contribution in [2.45, 2.75) is 44.2 Å². The molecular weight excluding hydrogens is 402 g/mol. The summed E-state index contributed by atoms with van der Waals surface area (Å²) in [7, 11) is 0. The molecule has 1 heterocycles. The maximum absolute atomic E-state index is 13.9. The number of benzene rings is 2. The highest BCUT2D eigenvalue weighted by molar-refractivity contribution is 5.89. The predicted octanol–water partition coefficient (Wildman–Crippen LogP) is 3.59. The van der Waals surface area contributed by atoms with Crippen LogP contribution in [0.25, 0.3) is 0 Å². The van der Waals surface area contributed by atoms with Gasteiger partial charge < -0.3 is 10.6 Å². The first kappa shape index (κ1) is 21.8. The third-order valence-electron chi connectivity index (χ3n) is 4.94. The van der Waals surface area contributed by atoms with Crippen LogP contribution < -0.4 is 16.0 Å². The fraction of sp³-hybridized carbons (Fsp3) is 0.333. The predicted molar refractivity (Wildman–Crippen MR) is 101 cm³/mol. The number of hydrogen-bond acceptors (Lipinski definition) is 3. The summed E-state index contributed by atoms with van der Waals surface area (Å²) in [5.41, 5.74) is -0.361. The van der Waals surface area contributed by atoms with Gasteiger partial charge in [0, 0.05) is 0 Å². The van der Waals surface area contributed by atoms with Crippen LogP contribution in [0.4, 0.5) is 17.6 Å². The molecule has 1 aliphatic rings. The van der Waals surface area contributed by atoms with Crippen LogP contribution in [0.1, 0.15) is 48.7 Å². The van der Waals surface area contributed by atoms with Crippen molar-refractivity contribution < 1.29 is 27.2 Å². The van der Waals surface area contributed by atoms with E-state index in [-0.39, 0.29) is 17.9 Å². The minimum absolute atomic E-state index is 0.0903. The lowest BCUT2D eigenvalue weighted by Gasteiger charge is -2.32. The minimum atomic E-state index is -4.79. The summed E-state index contributed by atoms with van der Waals surface area (Å²) in [4.78, 5) is 24.8. The topological polar surface area (TPSA) is 70.2 Å². The van der Waals surface area contributed by atoms with Crippen molar-refractivity contribution in [3.8, 4) is 0 Å². The first-order valence-electron chi connectivity index (χ1n) is 9.46. The number of alkyl halides is 3. The van der Waals surface area contributed by atoms with E-state index < -0.39 is 41.7 Å². The van der Waals surface area contributed by atoms with Crippen LogP contribution in [0.5, 0.6) is 0 Å². The molecule has 0 bridgehead atoms. The van der Waals surface area contributed by atoms with Gasteiger partial charge in [-0.15, -0.1) is 0 Å². The molecule has 0 spiro atoms. The Morgan fingerprint density at radius 2 is 1.90 bits per heavy atom. The molecule has 30 heavy (non-hydrogen) atoms. The number of carbonyl (C=O) groups excluding carboxylic acids is 2. The maximum Gasteiger partial charge on any atom is 0.419 e. The largest absolute Gasteiger partial charge is 0.419 e. The molecule has 160 valence electrons. The summed E-state index contributed by atoms with van der Waals surface area (Å²) in [5, 5.41) is 8.51. The van der Waals surface area contributed by atoms with Crippen molar-refractivity contribution in [2.24, 2.45) is 0 Å². The van der Waals surface area contributed by atoms with Crippen molar-refractivity contribution in [3.05, 3.63) is 71.0 Å². The number of halogens is 4. The monoisotopic (exact) mass is 423 g/mol. The summed E-state index contributed by atoms with van der Waals surface area (Å²) in [6, 6.07) is 10.1. The van der Waals surface area contributed by atoms with E-state index in [2.05, 4.69) is 16.0 Å². The molecule has 1 aliphatic heterocycles. The van der Waals surface area contributed by atoms with E-state index in [1.807, 2.05) is 6.07 Å². The van der Waals surface area contributed by atoms with Crippen LogP contribution in [-0.4, -0.2) is 17.9 Å². The van der Waals surface area contributed by atoms with Crippen molar-refractivity contribution in [2.75, 3.05) is 0 Å². The van der Waals surface area contributed by atoms with Gasteiger partial charge in [-0.1, -0.05) is 43.3 Å². The fourth-order valence-corrected chi connectivity index (χ4v) is 3.37. The minimum Gasteiger partial charge on any atom is -0.348 e. The van der Waals surface area contributed by atoms with Crippen LogP contribution >= 0.6 is 0 Å². The quantitative estimate of drug-likeness (QED) is 0.644. The molecule has 0 aromatic heterocycles. The molecule has 3 N–H and O–H groups in total. The molecule has 2 unspecified atom stereocenters. The van der Waals surface area contributed by atoms with Crippen molar-refractivity contribution in [1.29, 1.82) is 0 Å². The summed E-state index contributed by atoms with van der Waals surface area (Å²) in [6.45, 7) is 1.72. The second-order valence-electron chi connectivity index (χ2n) is 7.04. The van der Waals surface area contributed by atoms with Crippen LogP contribution in [-0.2, 0) is 15.8 Å². The van der Waals surface area contributed by atoms with Crippen molar-refractivity contribution in [1.82, 2.24) is 16.0 Å². The van der Waals surface area contributed by atoms with Gasteiger partial charge in [0.15, 0.2) is 0 Å². The van der Waals surface area contributed by atoms with E-state index in [4.69, 9.17) is 0 Å². The number of carbonyl (C=O) groups is 2. The maximum atomic E-state index is 13.9. The molecule has 1 saturated heterocycles. The Morgan fingerprint density at radius 1 is 1.20 bits per heavy atom. The number of amides is 2. The summed E-state index contributed by atoms with van der Waals surface area (Å²) in [6.07, 6.45) is -5.10. The van der Waals surface area contributed by atoms with Gasteiger partial charge in [-0.25, -0.2) is 4.39 Å². The third-order valence-corrected chi connectivity index (χ3v) is 4.94. The highest BCUT2D eigenvalue weighted by atomic mass is 19.4. The molecule has 0 radical (unpaired) electrons. The Hall–Kier alpha value is -2.94. The molecule has 2 aromatic carbocycles. The molecule has 5 nitrogen and oxygen atoms in total. The fourth-order valence-electron chi connectivity index (χ4n) is 3.37. The molecule has 0 saturated carbocycles. The number of hydrogen-bond donors (Lipinski definition) is 3. The summed E-state index contributed by atoms with van der Waals surface area (Å²) < 4.78 is 52.2. The first-order valence-corrected chi connectivity index (χ1v) is 9.46. The van der Waals surface area contributed by atoms with Crippen LogP contribution in [0.2, 0.25) is 0 Å². The van der Waals surface area contributed by atoms with E-state index >= 15 is 0 Å². The molecule has 2 amide bonds. The molecule has 3 rings (SSSR count). The van der Waals surface area contributed by atoms with E-state index in [1.165, 1.54) is 0 Å². The van der Waals surface area contributed by atoms with Gasteiger partial charge in [-0.05, 0) is 29.7 Å². The summed E-state index contributed by atoms with van der Waals surface area (Å²) >= 11 is 0. The van der Waals surface area contributed by atoms with Gasteiger partial charge >= 0.3 is 6.18 Å². The molecule has 2 aromatic rings. The van der Waals surface area contributed by atoms with Crippen LogP contribution in [0, 0.1) is 5.82 Å². The van der Waals surface area contributed by atoms with Crippen molar-refractivity contribution >= 4 is 11.8 Å². The standard InChI is InChI=1S/C21H21F4N3O2/c1-2-16(13-8-9-14(15(22)10-13)21(23,24)25)27-20(30)17-11-18(29)28-19(26-17)12-6-4-3-5-7-12/h3-10,16-17,19,26H,2,11H2,1H3,(H,27,30)(H,28,29)/t16-,17?,19?/m1/s1. The Bertz CT molecular complexity index is 918. The van der Waals surface area contributed by atoms with E-state index in [1.54, 1.807) is 31.2 Å². The van der Waals surface area contributed by atoms with Gasteiger partial charge in [0.1, 0.15) is 12.0 Å². The second kappa shape index (κ2) is 8.83. The zero-order valence-electron chi connectivity index (χ0n) is 16.1. The Kier molecular flexibility index (Phi) is 6.40. The van der Waals surface area contributed by atoms with Crippen LogP contribution in [0.15, 0.2) is 48.5 Å². The van der Waals surface area contributed by atoms with Gasteiger partial charge in [-0.2, -0.15) is 13.2 Å². The zero-order chi connectivity index (χ0) is 21.9. The van der Waals surface area contributed by atoms with E-state index in [0.29, 0.717) is 12.5 Å². The number of nitrogens with one attached hydrogen (secondary N) is 3. The SMILES string of the molecule is CC[C@@H](NC(=O)C1CC(=O)NC(c2ccccc2)N1)c1ccc(C(F)(F)F)c(F)c1. The molecule has 1 fully saturated rings. The second-order valence-corrected chi connectivity index (χ2v) is 7.04. The summed E-state index contributed by atoms with van der Waals surface area (Å²) in [5.74, 6) is -2.19. The Balaban J connectivity index is 1.73. The average molecular weight is 423 g/mol. The van der Waals surface area contributed by atoms with Crippen LogP contribution in [0.3, 0.4) is 0 Å². The van der Waals surface area contributed by atoms with E-state index in [9.17, 15) is 27.2 Å². The lowest BCUT2D eigenvalue weighted by atomic mass is 10.0. The smallest absolute Gasteiger partial charge is 0.348 e. The molecular formula is C21H21F4N3O2. The van der Waals surface area contributed by atoms with Gasteiger partial charge in [0.2, 0.25) is 11.8 Å². The molecule has 9 heteroatoms. The normalized spacial score (nSPS) is 20.4. The lowest BCUT2D eigenvalue weighted by molar-refractivity contribution is -0.140. The van der Waals surface area contributed by atoms with Gasteiger partial charge in [0.05, 0.1) is 24.1 Å². The lowest BCUT2D eigenvalue weighted by Crippen LogP contribution is -2.56. The highest BCUT2D eigenvalue weighted by Crippen LogP contribution is 2.32.